The molecule has 1 aliphatic rings. The fourth-order valence-electron chi connectivity index (χ4n) is 2.42. The van der Waals surface area contributed by atoms with Crippen molar-refractivity contribution in [2.45, 2.75) is 32.2 Å². The molecular weight excluding hydrogens is 243 g/mol. The highest BCUT2D eigenvalue weighted by Gasteiger charge is 2.22. The first kappa shape index (κ1) is 14.0. The maximum atomic E-state index is 12.9. The molecule has 19 heavy (non-hydrogen) atoms. The van der Waals surface area contributed by atoms with E-state index in [1.807, 2.05) is 4.90 Å². The van der Waals surface area contributed by atoms with Gasteiger partial charge in [0.1, 0.15) is 5.82 Å². The average Bonchev–Trinajstić information content (AvgIpc) is 2.55. The third-order valence-electron chi connectivity index (χ3n) is 3.81. The fraction of sp³-hybridized carbons (Fsp3) is 0.533. The minimum absolute atomic E-state index is 0.182. The van der Waals surface area contributed by atoms with Gasteiger partial charge in [-0.2, -0.15) is 0 Å². The lowest BCUT2D eigenvalue weighted by atomic mass is 10.0. The zero-order valence-electron chi connectivity index (χ0n) is 11.3. The van der Waals surface area contributed by atoms with Crippen molar-refractivity contribution in [3.05, 3.63) is 35.6 Å². The quantitative estimate of drug-likeness (QED) is 0.911. The molecule has 1 aliphatic heterocycles. The van der Waals surface area contributed by atoms with Crippen LogP contribution >= 0.6 is 0 Å². The molecule has 1 heterocycles. The Morgan fingerprint density at radius 2 is 2.05 bits per heavy atom. The van der Waals surface area contributed by atoms with Gasteiger partial charge < -0.3 is 10.6 Å². The zero-order chi connectivity index (χ0) is 13.8. The van der Waals surface area contributed by atoms with Crippen molar-refractivity contribution in [2.24, 2.45) is 11.7 Å². The third kappa shape index (κ3) is 3.77. The van der Waals surface area contributed by atoms with Gasteiger partial charge in [-0.05, 0) is 36.5 Å². The molecule has 0 radical (unpaired) electrons. The van der Waals surface area contributed by atoms with Crippen molar-refractivity contribution in [2.75, 3.05) is 13.1 Å². The van der Waals surface area contributed by atoms with Crippen LogP contribution in [0.15, 0.2) is 24.3 Å². The highest BCUT2D eigenvalue weighted by atomic mass is 19.1. The Bertz CT molecular complexity index is 432. The maximum Gasteiger partial charge on any atom is 0.222 e. The summed E-state index contributed by atoms with van der Waals surface area (Å²) in [7, 11) is 0. The van der Waals surface area contributed by atoms with Crippen LogP contribution in [0.5, 0.6) is 0 Å². The minimum Gasteiger partial charge on any atom is -0.341 e. The Labute approximate surface area is 113 Å². The van der Waals surface area contributed by atoms with Gasteiger partial charge in [0.2, 0.25) is 5.91 Å². The Kier molecular flexibility index (Phi) is 4.53. The van der Waals surface area contributed by atoms with Crippen LogP contribution in [0.4, 0.5) is 4.39 Å². The molecule has 2 rings (SSSR count). The van der Waals surface area contributed by atoms with Crippen LogP contribution in [-0.2, 0) is 4.79 Å². The number of benzene rings is 1. The van der Waals surface area contributed by atoms with E-state index in [1.54, 1.807) is 12.1 Å². The Morgan fingerprint density at radius 3 is 2.74 bits per heavy atom. The molecule has 4 heteroatoms. The number of halogens is 1. The summed E-state index contributed by atoms with van der Waals surface area (Å²) in [6.45, 7) is 3.46. The summed E-state index contributed by atoms with van der Waals surface area (Å²) in [5, 5.41) is 0. The van der Waals surface area contributed by atoms with Gasteiger partial charge in [0, 0.05) is 25.6 Å². The van der Waals surface area contributed by atoms with E-state index in [-0.39, 0.29) is 17.8 Å². The number of amides is 1. The minimum atomic E-state index is -0.268. The molecule has 0 bridgehead atoms. The van der Waals surface area contributed by atoms with Crippen molar-refractivity contribution in [3.63, 3.8) is 0 Å². The molecule has 1 fully saturated rings. The van der Waals surface area contributed by atoms with Crippen molar-refractivity contribution in [3.8, 4) is 0 Å². The average molecular weight is 264 g/mol. The molecule has 0 saturated carbocycles. The van der Waals surface area contributed by atoms with E-state index in [4.69, 9.17) is 5.73 Å². The second kappa shape index (κ2) is 6.15. The van der Waals surface area contributed by atoms with Gasteiger partial charge in [-0.25, -0.2) is 4.39 Å². The number of hydrogen-bond donors (Lipinski definition) is 1. The van der Waals surface area contributed by atoms with Crippen LogP contribution in [0, 0.1) is 11.7 Å². The molecule has 0 spiro atoms. The molecule has 1 aromatic carbocycles. The number of carbonyl (C=O) groups is 1. The van der Waals surface area contributed by atoms with Gasteiger partial charge >= 0.3 is 0 Å². The van der Waals surface area contributed by atoms with Crippen LogP contribution in [0.3, 0.4) is 0 Å². The molecule has 0 aliphatic carbocycles. The molecule has 1 amide bonds. The second-order valence-electron chi connectivity index (χ2n) is 5.43. The van der Waals surface area contributed by atoms with Crippen molar-refractivity contribution in [1.82, 2.24) is 4.90 Å². The monoisotopic (exact) mass is 264 g/mol. The predicted octanol–water partition coefficient (Wildman–Crippen LogP) is 2.47. The summed E-state index contributed by atoms with van der Waals surface area (Å²) in [6, 6.07) is 5.93. The number of hydrogen-bond acceptors (Lipinski definition) is 2. The van der Waals surface area contributed by atoms with Gasteiger partial charge in [-0.15, -0.1) is 0 Å². The number of nitrogens with zero attached hydrogens (tertiary/aromatic N) is 1. The van der Waals surface area contributed by atoms with Gasteiger partial charge in [-0.1, -0.05) is 19.1 Å². The van der Waals surface area contributed by atoms with Crippen molar-refractivity contribution in [1.29, 1.82) is 0 Å². The summed E-state index contributed by atoms with van der Waals surface area (Å²) in [5.74, 6) is 0.508. The number of likely N-dealkylation sites (tertiary alicyclic amines) is 1. The molecular formula is C15H21FN2O. The summed E-state index contributed by atoms with van der Waals surface area (Å²) in [6.07, 6.45) is 2.60. The molecule has 0 aromatic heterocycles. The first-order chi connectivity index (χ1) is 9.06. The first-order valence-electron chi connectivity index (χ1n) is 6.85. The van der Waals surface area contributed by atoms with Gasteiger partial charge in [0.15, 0.2) is 0 Å². The van der Waals surface area contributed by atoms with E-state index in [0.717, 1.165) is 24.9 Å². The van der Waals surface area contributed by atoms with Gasteiger partial charge in [0.25, 0.3) is 0 Å². The van der Waals surface area contributed by atoms with E-state index < -0.39 is 0 Å². The van der Waals surface area contributed by atoms with Crippen molar-refractivity contribution < 1.29 is 9.18 Å². The number of carbonyl (C=O) groups excluding carboxylic acids is 1. The van der Waals surface area contributed by atoms with Gasteiger partial charge in [-0.3, -0.25) is 4.79 Å². The normalized spacial score (nSPS) is 22.2. The topological polar surface area (TPSA) is 46.3 Å². The zero-order valence-corrected chi connectivity index (χ0v) is 11.3. The third-order valence-corrected chi connectivity index (χ3v) is 3.81. The molecule has 2 unspecified atom stereocenters. The van der Waals surface area contributed by atoms with Crippen LogP contribution in [0.2, 0.25) is 0 Å². The van der Waals surface area contributed by atoms with Crippen LogP contribution < -0.4 is 5.73 Å². The Morgan fingerprint density at radius 1 is 1.37 bits per heavy atom. The number of nitrogens with two attached hydrogens (primary N) is 1. The molecule has 2 N–H and O–H groups in total. The summed E-state index contributed by atoms with van der Waals surface area (Å²) in [4.78, 5) is 13.8. The molecule has 104 valence electrons. The van der Waals surface area contributed by atoms with Crippen LogP contribution in [0.25, 0.3) is 0 Å². The maximum absolute atomic E-state index is 12.9. The van der Waals surface area contributed by atoms with E-state index in [0.29, 0.717) is 18.9 Å². The predicted molar refractivity (Wildman–Crippen MR) is 72.9 cm³/mol. The van der Waals surface area contributed by atoms with E-state index in [2.05, 4.69) is 6.92 Å². The van der Waals surface area contributed by atoms with Crippen LogP contribution in [0.1, 0.15) is 37.8 Å². The molecule has 2 atom stereocenters. The van der Waals surface area contributed by atoms with E-state index >= 15 is 0 Å². The number of rotatable bonds is 3. The lowest BCUT2D eigenvalue weighted by molar-refractivity contribution is -0.130. The second-order valence-corrected chi connectivity index (χ2v) is 5.43. The summed E-state index contributed by atoms with van der Waals surface area (Å²) >= 11 is 0. The lowest BCUT2D eigenvalue weighted by Crippen LogP contribution is -2.36. The summed E-state index contributed by atoms with van der Waals surface area (Å²) in [5.41, 5.74) is 6.97. The Balaban J connectivity index is 1.99. The van der Waals surface area contributed by atoms with Crippen molar-refractivity contribution >= 4 is 5.91 Å². The molecule has 3 nitrogen and oxygen atoms in total. The first-order valence-corrected chi connectivity index (χ1v) is 6.85. The van der Waals surface area contributed by atoms with Gasteiger partial charge in [0.05, 0.1) is 0 Å². The Hall–Kier alpha value is -1.42. The van der Waals surface area contributed by atoms with E-state index in [1.165, 1.54) is 12.1 Å². The fourth-order valence-corrected chi connectivity index (χ4v) is 2.42. The highest BCUT2D eigenvalue weighted by molar-refractivity contribution is 5.76. The largest absolute Gasteiger partial charge is 0.341 e. The highest BCUT2D eigenvalue weighted by Crippen LogP contribution is 2.20. The smallest absolute Gasteiger partial charge is 0.222 e. The van der Waals surface area contributed by atoms with E-state index in [9.17, 15) is 9.18 Å². The summed E-state index contributed by atoms with van der Waals surface area (Å²) < 4.78 is 12.9. The SMILES string of the molecule is CC1CCC(=O)N(CC(N)c2ccc(F)cc2)CC1. The molecule has 1 saturated heterocycles. The van der Waals surface area contributed by atoms with Crippen LogP contribution in [-0.4, -0.2) is 23.9 Å². The molecule has 1 aromatic rings. The standard InChI is InChI=1S/C15H21FN2O/c1-11-2-7-15(19)18(9-8-11)10-14(17)12-3-5-13(16)6-4-12/h3-6,11,14H,2,7-10,17H2,1H3. The lowest BCUT2D eigenvalue weighted by Gasteiger charge is -2.24.